The predicted molar refractivity (Wildman–Crippen MR) is 90.4 cm³/mol. The molecule has 5 nitrogen and oxygen atoms in total. The third-order valence-electron chi connectivity index (χ3n) is 4.32. The van der Waals surface area contributed by atoms with Crippen LogP contribution in [0.1, 0.15) is 18.9 Å². The van der Waals surface area contributed by atoms with Crippen LogP contribution in [0.3, 0.4) is 0 Å². The Kier molecular flexibility index (Phi) is 4.57. The van der Waals surface area contributed by atoms with Gasteiger partial charge in [0.2, 0.25) is 11.8 Å². The van der Waals surface area contributed by atoms with Crippen LogP contribution in [0.25, 0.3) is 10.9 Å². The summed E-state index contributed by atoms with van der Waals surface area (Å²) in [5.74, 6) is -0.193. The van der Waals surface area contributed by atoms with E-state index in [-0.39, 0.29) is 17.7 Å². The molecule has 1 aliphatic rings. The minimum Gasteiger partial charge on any atom is -0.361 e. The summed E-state index contributed by atoms with van der Waals surface area (Å²) in [5, 5.41) is 4.58. The quantitative estimate of drug-likeness (QED) is 0.882. The van der Waals surface area contributed by atoms with E-state index in [4.69, 9.17) is 11.6 Å². The summed E-state index contributed by atoms with van der Waals surface area (Å²) in [6.45, 7) is 3.61. The summed E-state index contributed by atoms with van der Waals surface area (Å²) in [6, 6.07) is 5.74. The lowest BCUT2D eigenvalue weighted by Gasteiger charge is -2.16. The number of amides is 2. The van der Waals surface area contributed by atoms with Crippen molar-refractivity contribution in [1.29, 1.82) is 0 Å². The first kappa shape index (κ1) is 15.9. The molecule has 23 heavy (non-hydrogen) atoms. The molecule has 2 aromatic rings. The standard InChI is InChI=1S/C17H20ClN3O2/c1-2-19-17(23)12-7-16(22)21(10-12)6-5-11-9-20-15-4-3-13(18)8-14(11)15/h3-4,8-9,12,20H,2,5-7,10H2,1H3,(H,19,23)/t12-/m0/s1. The summed E-state index contributed by atoms with van der Waals surface area (Å²) >= 11 is 6.06. The fourth-order valence-electron chi connectivity index (χ4n) is 3.10. The largest absolute Gasteiger partial charge is 0.361 e. The zero-order chi connectivity index (χ0) is 16.4. The first-order chi connectivity index (χ1) is 11.1. The number of aromatic amines is 1. The second-order valence-corrected chi connectivity index (χ2v) is 6.33. The van der Waals surface area contributed by atoms with Crippen molar-refractivity contribution in [2.75, 3.05) is 19.6 Å². The maximum absolute atomic E-state index is 12.1. The van der Waals surface area contributed by atoms with Crippen molar-refractivity contribution >= 4 is 34.3 Å². The van der Waals surface area contributed by atoms with Crippen molar-refractivity contribution in [2.45, 2.75) is 19.8 Å². The fourth-order valence-corrected chi connectivity index (χ4v) is 3.27. The molecule has 1 aromatic carbocycles. The summed E-state index contributed by atoms with van der Waals surface area (Å²) in [6.07, 6.45) is 3.02. The number of hydrogen-bond donors (Lipinski definition) is 2. The van der Waals surface area contributed by atoms with Gasteiger partial charge in [0.1, 0.15) is 0 Å². The van der Waals surface area contributed by atoms with Gasteiger partial charge in [-0.15, -0.1) is 0 Å². The number of likely N-dealkylation sites (tertiary alicyclic amines) is 1. The van der Waals surface area contributed by atoms with Crippen LogP contribution in [0, 0.1) is 5.92 Å². The van der Waals surface area contributed by atoms with Crippen molar-refractivity contribution in [2.24, 2.45) is 5.92 Å². The highest BCUT2D eigenvalue weighted by Crippen LogP contribution is 2.24. The number of carbonyl (C=O) groups is 2. The van der Waals surface area contributed by atoms with E-state index in [1.54, 1.807) is 4.90 Å². The fraction of sp³-hybridized carbons (Fsp3) is 0.412. The Morgan fingerprint density at radius 2 is 2.30 bits per heavy atom. The van der Waals surface area contributed by atoms with Crippen LogP contribution in [0.4, 0.5) is 0 Å². The van der Waals surface area contributed by atoms with Crippen LogP contribution in [0.5, 0.6) is 0 Å². The van der Waals surface area contributed by atoms with Gasteiger partial charge in [0.05, 0.1) is 5.92 Å². The van der Waals surface area contributed by atoms with Gasteiger partial charge in [-0.25, -0.2) is 0 Å². The van der Waals surface area contributed by atoms with Gasteiger partial charge in [-0.2, -0.15) is 0 Å². The van der Waals surface area contributed by atoms with Crippen LogP contribution >= 0.6 is 11.6 Å². The average molecular weight is 334 g/mol. The first-order valence-electron chi connectivity index (χ1n) is 7.89. The lowest BCUT2D eigenvalue weighted by atomic mass is 10.1. The SMILES string of the molecule is CCNC(=O)[C@H]1CC(=O)N(CCc2c[nH]c3ccc(Cl)cc23)C1. The van der Waals surface area contributed by atoms with Crippen LogP contribution in [0.2, 0.25) is 5.02 Å². The highest BCUT2D eigenvalue weighted by Gasteiger charge is 2.33. The number of aromatic nitrogens is 1. The van der Waals surface area contributed by atoms with Gasteiger partial charge < -0.3 is 15.2 Å². The molecule has 2 amide bonds. The maximum atomic E-state index is 12.1. The van der Waals surface area contributed by atoms with Crippen molar-refractivity contribution in [1.82, 2.24) is 15.2 Å². The number of hydrogen-bond acceptors (Lipinski definition) is 2. The Hall–Kier alpha value is -2.01. The Balaban J connectivity index is 1.65. The Morgan fingerprint density at radius 3 is 3.09 bits per heavy atom. The van der Waals surface area contributed by atoms with Gasteiger partial charge in [0.25, 0.3) is 0 Å². The van der Waals surface area contributed by atoms with Crippen LogP contribution in [-0.4, -0.2) is 41.3 Å². The molecule has 2 heterocycles. The topological polar surface area (TPSA) is 65.2 Å². The van der Waals surface area contributed by atoms with E-state index < -0.39 is 0 Å². The van der Waals surface area contributed by atoms with E-state index >= 15 is 0 Å². The van der Waals surface area contributed by atoms with Crippen molar-refractivity contribution in [3.05, 3.63) is 35.0 Å². The number of benzene rings is 1. The molecule has 0 unspecified atom stereocenters. The van der Waals surface area contributed by atoms with Crippen molar-refractivity contribution in [3.8, 4) is 0 Å². The van der Waals surface area contributed by atoms with E-state index in [1.807, 2.05) is 31.3 Å². The van der Waals surface area contributed by atoms with E-state index in [9.17, 15) is 9.59 Å². The molecule has 1 aromatic heterocycles. The summed E-state index contributed by atoms with van der Waals surface area (Å²) < 4.78 is 0. The molecule has 0 spiro atoms. The zero-order valence-electron chi connectivity index (χ0n) is 13.1. The number of nitrogens with one attached hydrogen (secondary N) is 2. The van der Waals surface area contributed by atoms with Gasteiger partial charge in [0.15, 0.2) is 0 Å². The molecular formula is C17H20ClN3O2. The minimum absolute atomic E-state index is 0.0257. The second-order valence-electron chi connectivity index (χ2n) is 5.89. The number of rotatable bonds is 5. The maximum Gasteiger partial charge on any atom is 0.225 e. The smallest absolute Gasteiger partial charge is 0.225 e. The van der Waals surface area contributed by atoms with Crippen molar-refractivity contribution in [3.63, 3.8) is 0 Å². The van der Waals surface area contributed by atoms with E-state index in [0.717, 1.165) is 22.9 Å². The summed E-state index contributed by atoms with van der Waals surface area (Å²) in [5.41, 5.74) is 2.18. The zero-order valence-corrected chi connectivity index (χ0v) is 13.8. The Morgan fingerprint density at radius 1 is 1.48 bits per heavy atom. The van der Waals surface area contributed by atoms with Crippen LogP contribution < -0.4 is 5.32 Å². The number of H-pyrrole nitrogens is 1. The van der Waals surface area contributed by atoms with Crippen LogP contribution in [0.15, 0.2) is 24.4 Å². The van der Waals surface area contributed by atoms with Crippen LogP contribution in [-0.2, 0) is 16.0 Å². The summed E-state index contributed by atoms with van der Waals surface area (Å²) in [7, 11) is 0. The molecule has 3 rings (SSSR count). The molecule has 122 valence electrons. The van der Waals surface area contributed by atoms with E-state index in [1.165, 1.54) is 0 Å². The highest BCUT2D eigenvalue weighted by molar-refractivity contribution is 6.31. The lowest BCUT2D eigenvalue weighted by molar-refractivity contribution is -0.128. The van der Waals surface area contributed by atoms with E-state index in [0.29, 0.717) is 31.1 Å². The van der Waals surface area contributed by atoms with Gasteiger partial charge in [-0.1, -0.05) is 11.6 Å². The predicted octanol–water partition coefficient (Wildman–Crippen LogP) is 2.35. The average Bonchev–Trinajstić information content (AvgIpc) is 3.09. The summed E-state index contributed by atoms with van der Waals surface area (Å²) in [4.78, 5) is 29.0. The molecule has 0 radical (unpaired) electrons. The molecule has 2 N–H and O–H groups in total. The lowest BCUT2D eigenvalue weighted by Crippen LogP contribution is -2.33. The first-order valence-corrected chi connectivity index (χ1v) is 8.27. The number of fused-ring (bicyclic) bond motifs is 1. The molecule has 6 heteroatoms. The van der Waals surface area contributed by atoms with E-state index in [2.05, 4.69) is 10.3 Å². The molecular weight excluding hydrogens is 314 g/mol. The molecule has 0 aliphatic carbocycles. The molecule has 1 saturated heterocycles. The molecule has 1 aliphatic heterocycles. The molecule has 1 atom stereocenters. The van der Waals surface area contributed by atoms with Gasteiger partial charge in [-0.05, 0) is 37.1 Å². The molecule has 0 saturated carbocycles. The molecule has 0 bridgehead atoms. The second kappa shape index (κ2) is 6.62. The van der Waals surface area contributed by atoms with Gasteiger partial charge in [0, 0.05) is 48.2 Å². The number of halogens is 1. The third kappa shape index (κ3) is 3.34. The number of carbonyl (C=O) groups excluding carboxylic acids is 2. The normalized spacial score (nSPS) is 17.9. The van der Waals surface area contributed by atoms with Gasteiger partial charge >= 0.3 is 0 Å². The minimum atomic E-state index is -0.222. The number of nitrogens with zero attached hydrogens (tertiary/aromatic N) is 1. The molecule has 1 fully saturated rings. The van der Waals surface area contributed by atoms with Gasteiger partial charge in [-0.3, -0.25) is 9.59 Å². The monoisotopic (exact) mass is 333 g/mol. The third-order valence-corrected chi connectivity index (χ3v) is 4.55. The Bertz CT molecular complexity index is 741. The Labute approximate surface area is 140 Å². The highest BCUT2D eigenvalue weighted by atomic mass is 35.5. The van der Waals surface area contributed by atoms with Crippen molar-refractivity contribution < 1.29 is 9.59 Å².